The Balaban J connectivity index is 0.000000902. The van der Waals surface area contributed by atoms with E-state index >= 15 is 0 Å². The SMILES string of the molecule is Cl.Cl.Nc1cc(N)c2cc(-c3ccccc3)[nH]c2c1. The van der Waals surface area contributed by atoms with Crippen LogP contribution >= 0.6 is 24.8 Å². The Morgan fingerprint density at radius 3 is 2.21 bits per heavy atom. The van der Waals surface area contributed by atoms with Gasteiger partial charge < -0.3 is 16.5 Å². The second-order valence-corrected chi connectivity index (χ2v) is 4.12. The Bertz CT molecular complexity index is 678. The summed E-state index contributed by atoms with van der Waals surface area (Å²) in [4.78, 5) is 3.33. The van der Waals surface area contributed by atoms with Gasteiger partial charge in [0.1, 0.15) is 0 Å². The molecular weight excluding hydrogens is 281 g/mol. The first kappa shape index (κ1) is 15.2. The number of aromatic amines is 1. The Morgan fingerprint density at radius 1 is 0.842 bits per heavy atom. The predicted molar refractivity (Wildman–Crippen MR) is 87.1 cm³/mol. The third-order valence-electron chi connectivity index (χ3n) is 2.88. The standard InChI is InChI=1S/C14H13N3.2ClH/c15-10-6-12(16)11-8-13(17-14(11)7-10)9-4-2-1-3-5-9;;/h1-8,17H,15-16H2;2*1H. The molecule has 1 heterocycles. The lowest BCUT2D eigenvalue weighted by Crippen LogP contribution is -1.89. The number of aromatic nitrogens is 1. The van der Waals surface area contributed by atoms with Crippen molar-refractivity contribution in [3.63, 3.8) is 0 Å². The molecule has 3 aromatic rings. The van der Waals surface area contributed by atoms with Gasteiger partial charge in [-0.1, -0.05) is 30.3 Å². The number of hydrogen-bond donors (Lipinski definition) is 3. The molecule has 0 aliphatic carbocycles. The first-order valence-corrected chi connectivity index (χ1v) is 5.47. The van der Waals surface area contributed by atoms with E-state index < -0.39 is 0 Å². The van der Waals surface area contributed by atoms with Gasteiger partial charge in [0.25, 0.3) is 0 Å². The highest BCUT2D eigenvalue weighted by molar-refractivity contribution is 5.97. The Morgan fingerprint density at radius 2 is 1.53 bits per heavy atom. The second kappa shape index (κ2) is 5.87. The van der Waals surface area contributed by atoms with E-state index in [1.54, 1.807) is 6.07 Å². The molecule has 5 heteroatoms. The van der Waals surface area contributed by atoms with Crippen LogP contribution in [0.5, 0.6) is 0 Å². The maximum absolute atomic E-state index is 5.95. The van der Waals surface area contributed by atoms with Gasteiger partial charge in [0.15, 0.2) is 0 Å². The zero-order valence-electron chi connectivity index (χ0n) is 10.1. The lowest BCUT2D eigenvalue weighted by atomic mass is 10.1. The summed E-state index contributed by atoms with van der Waals surface area (Å²) in [5.74, 6) is 0. The van der Waals surface area contributed by atoms with Gasteiger partial charge in [-0.3, -0.25) is 0 Å². The minimum absolute atomic E-state index is 0. The zero-order chi connectivity index (χ0) is 11.8. The van der Waals surface area contributed by atoms with Gasteiger partial charge in [-0.15, -0.1) is 24.8 Å². The number of benzene rings is 2. The van der Waals surface area contributed by atoms with E-state index in [-0.39, 0.29) is 24.8 Å². The third kappa shape index (κ3) is 2.78. The topological polar surface area (TPSA) is 67.8 Å². The fourth-order valence-corrected chi connectivity index (χ4v) is 2.06. The lowest BCUT2D eigenvalue weighted by Gasteiger charge is -1.97. The highest BCUT2D eigenvalue weighted by Crippen LogP contribution is 2.29. The summed E-state index contributed by atoms with van der Waals surface area (Å²) < 4.78 is 0. The number of nitrogens with one attached hydrogen (secondary N) is 1. The van der Waals surface area contributed by atoms with Crippen molar-refractivity contribution in [1.29, 1.82) is 0 Å². The molecule has 0 bridgehead atoms. The second-order valence-electron chi connectivity index (χ2n) is 4.12. The molecule has 0 fully saturated rings. The number of H-pyrrole nitrogens is 1. The number of halogens is 2. The van der Waals surface area contributed by atoms with Crippen LogP contribution in [-0.4, -0.2) is 4.98 Å². The third-order valence-corrected chi connectivity index (χ3v) is 2.88. The van der Waals surface area contributed by atoms with E-state index in [1.165, 1.54) is 0 Å². The van der Waals surface area contributed by atoms with Crippen LogP contribution < -0.4 is 11.5 Å². The van der Waals surface area contributed by atoms with Crippen molar-refractivity contribution >= 4 is 47.1 Å². The lowest BCUT2D eigenvalue weighted by molar-refractivity contribution is 1.45. The van der Waals surface area contributed by atoms with Crippen molar-refractivity contribution in [2.75, 3.05) is 11.5 Å². The number of fused-ring (bicyclic) bond motifs is 1. The van der Waals surface area contributed by atoms with Crippen LogP contribution in [-0.2, 0) is 0 Å². The van der Waals surface area contributed by atoms with Crippen LogP contribution in [0.3, 0.4) is 0 Å². The highest BCUT2D eigenvalue weighted by atomic mass is 35.5. The van der Waals surface area contributed by atoms with E-state index in [1.807, 2.05) is 24.3 Å². The molecular formula is C14H15Cl2N3. The van der Waals surface area contributed by atoms with Gasteiger partial charge >= 0.3 is 0 Å². The number of hydrogen-bond acceptors (Lipinski definition) is 2. The van der Waals surface area contributed by atoms with E-state index in [2.05, 4.69) is 23.2 Å². The van der Waals surface area contributed by atoms with E-state index in [4.69, 9.17) is 11.5 Å². The van der Waals surface area contributed by atoms with Gasteiger partial charge in [0.05, 0.1) is 0 Å². The molecule has 0 amide bonds. The molecule has 0 spiro atoms. The van der Waals surface area contributed by atoms with Crippen molar-refractivity contribution in [2.24, 2.45) is 0 Å². The molecule has 5 N–H and O–H groups in total. The molecule has 19 heavy (non-hydrogen) atoms. The summed E-state index contributed by atoms with van der Waals surface area (Å²) in [6.07, 6.45) is 0. The van der Waals surface area contributed by atoms with Crippen molar-refractivity contribution in [1.82, 2.24) is 4.98 Å². The van der Waals surface area contributed by atoms with Crippen LogP contribution in [0, 0.1) is 0 Å². The Kier molecular flexibility index (Phi) is 4.70. The van der Waals surface area contributed by atoms with Crippen molar-refractivity contribution in [2.45, 2.75) is 0 Å². The molecule has 1 aromatic heterocycles. The number of anilines is 2. The Labute approximate surface area is 123 Å². The number of nitrogens with two attached hydrogens (primary N) is 2. The molecule has 0 saturated carbocycles. The molecule has 0 aliphatic heterocycles. The molecule has 2 aromatic carbocycles. The highest BCUT2D eigenvalue weighted by Gasteiger charge is 2.06. The van der Waals surface area contributed by atoms with Gasteiger partial charge in [-0.25, -0.2) is 0 Å². The van der Waals surface area contributed by atoms with Gasteiger partial charge in [0.2, 0.25) is 0 Å². The van der Waals surface area contributed by atoms with Crippen LogP contribution in [0.15, 0.2) is 48.5 Å². The van der Waals surface area contributed by atoms with Crippen molar-refractivity contribution < 1.29 is 0 Å². The summed E-state index contributed by atoms with van der Waals surface area (Å²) >= 11 is 0. The molecule has 0 radical (unpaired) electrons. The fourth-order valence-electron chi connectivity index (χ4n) is 2.06. The quantitative estimate of drug-likeness (QED) is 0.597. The minimum atomic E-state index is 0. The van der Waals surface area contributed by atoms with Gasteiger partial charge in [-0.05, 0) is 23.8 Å². The maximum atomic E-state index is 5.95. The molecule has 0 atom stereocenters. The summed E-state index contributed by atoms with van der Waals surface area (Å²) in [6, 6.07) is 15.9. The van der Waals surface area contributed by atoms with Crippen LogP contribution in [0.1, 0.15) is 0 Å². The van der Waals surface area contributed by atoms with Crippen molar-refractivity contribution in [3.05, 3.63) is 48.5 Å². The van der Waals surface area contributed by atoms with Crippen LogP contribution in [0.25, 0.3) is 22.2 Å². The smallest absolute Gasteiger partial charge is 0.0500 e. The molecule has 0 unspecified atom stereocenters. The van der Waals surface area contributed by atoms with E-state index in [9.17, 15) is 0 Å². The zero-order valence-corrected chi connectivity index (χ0v) is 11.7. The minimum Gasteiger partial charge on any atom is -0.399 e. The van der Waals surface area contributed by atoms with Crippen molar-refractivity contribution in [3.8, 4) is 11.3 Å². The summed E-state index contributed by atoms with van der Waals surface area (Å²) in [6.45, 7) is 0. The number of nitrogen functional groups attached to an aromatic ring is 2. The predicted octanol–water partition coefficient (Wildman–Crippen LogP) is 3.84. The van der Waals surface area contributed by atoms with Crippen LogP contribution in [0.4, 0.5) is 11.4 Å². The molecule has 0 aliphatic rings. The van der Waals surface area contributed by atoms with E-state index in [0.29, 0.717) is 11.4 Å². The summed E-state index contributed by atoms with van der Waals surface area (Å²) in [5, 5.41) is 1.01. The summed E-state index contributed by atoms with van der Waals surface area (Å²) in [5.41, 5.74) is 16.3. The largest absolute Gasteiger partial charge is 0.399 e. The first-order chi connectivity index (χ1) is 8.24. The summed E-state index contributed by atoms with van der Waals surface area (Å²) in [7, 11) is 0. The molecule has 3 rings (SSSR count). The maximum Gasteiger partial charge on any atom is 0.0500 e. The van der Waals surface area contributed by atoms with Crippen LogP contribution in [0.2, 0.25) is 0 Å². The fraction of sp³-hybridized carbons (Fsp3) is 0. The monoisotopic (exact) mass is 295 g/mol. The number of rotatable bonds is 1. The normalized spacial score (nSPS) is 9.68. The van der Waals surface area contributed by atoms with E-state index in [0.717, 1.165) is 22.2 Å². The Hall–Kier alpha value is -1.84. The molecule has 0 saturated heterocycles. The first-order valence-electron chi connectivity index (χ1n) is 5.47. The van der Waals surface area contributed by atoms with Gasteiger partial charge in [0, 0.05) is 28.0 Å². The average Bonchev–Trinajstić information content (AvgIpc) is 2.74. The molecule has 3 nitrogen and oxygen atoms in total. The van der Waals surface area contributed by atoms with Gasteiger partial charge in [-0.2, -0.15) is 0 Å². The average molecular weight is 296 g/mol. The molecule has 100 valence electrons.